The molecule has 1 heterocycles. The molecule has 0 aliphatic heterocycles. The van der Waals surface area contributed by atoms with Crippen molar-refractivity contribution in [3.05, 3.63) is 58.5 Å². The van der Waals surface area contributed by atoms with Gasteiger partial charge in [-0.25, -0.2) is 4.79 Å². The van der Waals surface area contributed by atoms with E-state index in [0.717, 1.165) is 11.1 Å². The van der Waals surface area contributed by atoms with Gasteiger partial charge in [-0.2, -0.15) is 0 Å². The second-order valence-electron chi connectivity index (χ2n) is 4.93. The minimum Gasteiger partial charge on any atom is -0.478 e. The SMILES string of the molecule is Cc1ccc(CC(=O)NCc2cc(C(=O)O)c(C)o2)cc1. The van der Waals surface area contributed by atoms with Crippen LogP contribution in [-0.4, -0.2) is 17.0 Å². The van der Waals surface area contributed by atoms with Gasteiger partial charge in [0.2, 0.25) is 5.91 Å². The maximum absolute atomic E-state index is 11.8. The van der Waals surface area contributed by atoms with Gasteiger partial charge in [0.1, 0.15) is 17.1 Å². The first-order valence-corrected chi connectivity index (χ1v) is 6.60. The fourth-order valence-corrected chi connectivity index (χ4v) is 1.98. The first-order chi connectivity index (χ1) is 9.95. The number of benzene rings is 1. The molecule has 0 fully saturated rings. The van der Waals surface area contributed by atoms with Gasteiger partial charge in [-0.05, 0) is 25.5 Å². The highest BCUT2D eigenvalue weighted by Crippen LogP contribution is 2.14. The number of carbonyl (C=O) groups excluding carboxylic acids is 1. The van der Waals surface area contributed by atoms with Crippen LogP contribution in [0.1, 0.15) is 33.0 Å². The maximum Gasteiger partial charge on any atom is 0.339 e. The van der Waals surface area contributed by atoms with Crippen LogP contribution in [0.4, 0.5) is 0 Å². The van der Waals surface area contributed by atoms with Crippen molar-refractivity contribution in [2.75, 3.05) is 0 Å². The normalized spacial score (nSPS) is 10.4. The number of hydrogen-bond acceptors (Lipinski definition) is 3. The third kappa shape index (κ3) is 3.95. The molecule has 0 spiro atoms. The molecule has 0 radical (unpaired) electrons. The number of amides is 1. The van der Waals surface area contributed by atoms with E-state index in [0.29, 0.717) is 11.5 Å². The van der Waals surface area contributed by atoms with Crippen LogP contribution in [0, 0.1) is 13.8 Å². The number of carboxylic acids is 1. The lowest BCUT2D eigenvalue weighted by atomic mass is 10.1. The Bertz CT molecular complexity index is 655. The Morgan fingerprint density at radius 3 is 2.43 bits per heavy atom. The minimum atomic E-state index is -1.03. The molecule has 2 rings (SSSR count). The summed E-state index contributed by atoms with van der Waals surface area (Å²) in [4.78, 5) is 22.7. The molecule has 0 saturated carbocycles. The molecule has 0 aliphatic rings. The van der Waals surface area contributed by atoms with Gasteiger partial charge < -0.3 is 14.8 Å². The molecule has 21 heavy (non-hydrogen) atoms. The zero-order valence-electron chi connectivity index (χ0n) is 12.0. The van der Waals surface area contributed by atoms with E-state index in [-0.39, 0.29) is 24.4 Å². The highest BCUT2D eigenvalue weighted by atomic mass is 16.4. The smallest absolute Gasteiger partial charge is 0.339 e. The molecule has 0 saturated heterocycles. The van der Waals surface area contributed by atoms with Crippen molar-refractivity contribution in [1.82, 2.24) is 5.32 Å². The van der Waals surface area contributed by atoms with E-state index >= 15 is 0 Å². The minimum absolute atomic E-state index is 0.123. The number of aromatic carboxylic acids is 1. The summed E-state index contributed by atoms with van der Waals surface area (Å²) in [5, 5.41) is 11.6. The number of carboxylic acid groups (broad SMARTS) is 1. The molecule has 0 unspecified atom stereocenters. The van der Waals surface area contributed by atoms with Gasteiger partial charge in [0, 0.05) is 0 Å². The predicted octanol–water partition coefficient (Wildman–Crippen LogP) is 2.45. The molecule has 110 valence electrons. The largest absolute Gasteiger partial charge is 0.478 e. The highest BCUT2D eigenvalue weighted by Gasteiger charge is 2.14. The average molecular weight is 287 g/mol. The van der Waals surface area contributed by atoms with E-state index in [1.165, 1.54) is 6.07 Å². The third-order valence-electron chi connectivity index (χ3n) is 3.14. The number of aryl methyl sites for hydroxylation is 2. The number of carbonyl (C=O) groups is 2. The van der Waals surface area contributed by atoms with Crippen molar-refractivity contribution in [2.45, 2.75) is 26.8 Å². The molecule has 5 nitrogen and oxygen atoms in total. The summed E-state index contributed by atoms with van der Waals surface area (Å²) >= 11 is 0. The predicted molar refractivity (Wildman–Crippen MR) is 77.1 cm³/mol. The van der Waals surface area contributed by atoms with E-state index in [1.54, 1.807) is 6.92 Å². The Morgan fingerprint density at radius 2 is 1.86 bits per heavy atom. The molecule has 0 atom stereocenters. The van der Waals surface area contributed by atoms with Crippen molar-refractivity contribution in [3.63, 3.8) is 0 Å². The number of hydrogen-bond donors (Lipinski definition) is 2. The van der Waals surface area contributed by atoms with Crippen molar-refractivity contribution >= 4 is 11.9 Å². The van der Waals surface area contributed by atoms with Crippen LogP contribution in [0.2, 0.25) is 0 Å². The third-order valence-corrected chi connectivity index (χ3v) is 3.14. The Labute approximate surface area is 122 Å². The Morgan fingerprint density at radius 1 is 1.19 bits per heavy atom. The molecular formula is C16H17NO4. The van der Waals surface area contributed by atoms with Crippen LogP contribution in [0.25, 0.3) is 0 Å². The summed E-state index contributed by atoms with van der Waals surface area (Å²) in [7, 11) is 0. The second-order valence-corrected chi connectivity index (χ2v) is 4.93. The molecule has 1 amide bonds. The van der Waals surface area contributed by atoms with Gasteiger partial charge in [0.15, 0.2) is 0 Å². The van der Waals surface area contributed by atoms with Crippen LogP contribution in [0.15, 0.2) is 34.7 Å². The van der Waals surface area contributed by atoms with Gasteiger partial charge >= 0.3 is 5.97 Å². The van der Waals surface area contributed by atoms with Gasteiger partial charge in [0.25, 0.3) is 0 Å². The summed E-state index contributed by atoms with van der Waals surface area (Å²) in [5.41, 5.74) is 2.20. The quantitative estimate of drug-likeness (QED) is 0.885. The lowest BCUT2D eigenvalue weighted by Crippen LogP contribution is -2.24. The van der Waals surface area contributed by atoms with Gasteiger partial charge in [-0.3, -0.25) is 4.79 Å². The van der Waals surface area contributed by atoms with E-state index in [1.807, 2.05) is 31.2 Å². The van der Waals surface area contributed by atoms with Crippen LogP contribution in [0.5, 0.6) is 0 Å². The average Bonchev–Trinajstić information content (AvgIpc) is 2.81. The summed E-state index contributed by atoms with van der Waals surface area (Å²) in [6.45, 7) is 3.75. The molecule has 5 heteroatoms. The fourth-order valence-electron chi connectivity index (χ4n) is 1.98. The molecule has 2 aromatic rings. The van der Waals surface area contributed by atoms with E-state index in [9.17, 15) is 9.59 Å². The lowest BCUT2D eigenvalue weighted by Gasteiger charge is -2.04. The molecule has 1 aromatic heterocycles. The topological polar surface area (TPSA) is 79.5 Å². The van der Waals surface area contributed by atoms with Crippen molar-refractivity contribution in [1.29, 1.82) is 0 Å². The molecule has 0 aliphatic carbocycles. The van der Waals surface area contributed by atoms with E-state index in [2.05, 4.69) is 5.32 Å². The van der Waals surface area contributed by atoms with Crippen LogP contribution >= 0.6 is 0 Å². The summed E-state index contributed by atoms with van der Waals surface area (Å²) in [6.07, 6.45) is 0.283. The van der Waals surface area contributed by atoms with Gasteiger partial charge in [-0.1, -0.05) is 29.8 Å². The molecule has 0 bridgehead atoms. The second kappa shape index (κ2) is 6.26. The van der Waals surface area contributed by atoms with Gasteiger partial charge in [0.05, 0.1) is 13.0 Å². The van der Waals surface area contributed by atoms with Crippen LogP contribution < -0.4 is 5.32 Å². The zero-order valence-corrected chi connectivity index (χ0v) is 12.0. The van der Waals surface area contributed by atoms with E-state index in [4.69, 9.17) is 9.52 Å². The lowest BCUT2D eigenvalue weighted by molar-refractivity contribution is -0.120. The van der Waals surface area contributed by atoms with Crippen LogP contribution in [-0.2, 0) is 17.8 Å². The number of nitrogens with one attached hydrogen (secondary N) is 1. The maximum atomic E-state index is 11.8. The fraction of sp³-hybridized carbons (Fsp3) is 0.250. The van der Waals surface area contributed by atoms with Crippen molar-refractivity contribution in [2.24, 2.45) is 0 Å². The van der Waals surface area contributed by atoms with E-state index < -0.39 is 5.97 Å². The summed E-state index contributed by atoms with van der Waals surface area (Å²) in [5.74, 6) is -0.397. The molecule has 2 N–H and O–H groups in total. The van der Waals surface area contributed by atoms with Gasteiger partial charge in [-0.15, -0.1) is 0 Å². The number of rotatable bonds is 5. The number of furan rings is 1. The first kappa shape index (κ1) is 14.8. The Kier molecular flexibility index (Phi) is 4.42. The zero-order chi connectivity index (χ0) is 15.4. The van der Waals surface area contributed by atoms with Crippen molar-refractivity contribution < 1.29 is 19.1 Å². The Balaban J connectivity index is 1.90. The monoisotopic (exact) mass is 287 g/mol. The summed E-state index contributed by atoms with van der Waals surface area (Å²) < 4.78 is 5.30. The molecule has 1 aromatic carbocycles. The van der Waals surface area contributed by atoms with Crippen LogP contribution in [0.3, 0.4) is 0 Å². The summed E-state index contributed by atoms with van der Waals surface area (Å²) in [6, 6.07) is 9.17. The molecular weight excluding hydrogens is 270 g/mol. The standard InChI is InChI=1S/C16H17NO4/c1-10-3-5-12(6-4-10)7-15(18)17-9-13-8-14(16(19)20)11(2)21-13/h3-6,8H,7,9H2,1-2H3,(H,17,18)(H,19,20). The first-order valence-electron chi connectivity index (χ1n) is 6.60. The Hall–Kier alpha value is -2.56. The van der Waals surface area contributed by atoms with Crippen molar-refractivity contribution in [3.8, 4) is 0 Å². The highest BCUT2D eigenvalue weighted by molar-refractivity contribution is 5.88.